The molecule has 1 heterocycles. The molecule has 0 unspecified atom stereocenters. The summed E-state index contributed by atoms with van der Waals surface area (Å²) >= 11 is 1.02. The van der Waals surface area contributed by atoms with E-state index in [9.17, 15) is 13.2 Å². The maximum absolute atomic E-state index is 11.6. The van der Waals surface area contributed by atoms with Gasteiger partial charge in [0.2, 0.25) is 15.7 Å². The molecule has 0 atom stereocenters. The topological polar surface area (TPSA) is 107 Å². The summed E-state index contributed by atoms with van der Waals surface area (Å²) in [5.41, 5.74) is 0.0543. The number of esters is 1. The number of rotatable bonds is 6. The molecule has 0 aliphatic carbocycles. The smallest absolute Gasteiger partial charge is 0.362 e. The minimum atomic E-state index is -3.42. The lowest BCUT2D eigenvalue weighted by Gasteiger charge is -2.02. The molecule has 0 radical (unpaired) electrons. The number of sulfonamides is 1. The van der Waals surface area contributed by atoms with Crippen LogP contribution in [0.5, 0.6) is 0 Å². The van der Waals surface area contributed by atoms with Crippen molar-refractivity contribution in [3.63, 3.8) is 0 Å². The summed E-state index contributed by atoms with van der Waals surface area (Å²) in [4.78, 5) is 20.1. The van der Waals surface area contributed by atoms with Crippen LogP contribution < -0.4 is 4.72 Å². The fourth-order valence-corrected chi connectivity index (χ4v) is 2.62. The van der Waals surface area contributed by atoms with Crippen LogP contribution >= 0.6 is 11.3 Å². The Kier molecular flexibility index (Phi) is 5.24. The molecule has 1 rings (SSSR count). The van der Waals surface area contributed by atoms with Crippen molar-refractivity contribution in [3.8, 4) is 0 Å². The van der Waals surface area contributed by atoms with E-state index in [0.29, 0.717) is 0 Å². The Morgan fingerprint density at radius 2 is 2.26 bits per heavy atom. The summed E-state index contributed by atoms with van der Waals surface area (Å²) < 4.78 is 29.1. The highest BCUT2D eigenvalue weighted by atomic mass is 32.2. The lowest BCUT2D eigenvalue weighted by atomic mass is 10.3. The lowest BCUT2D eigenvalue weighted by molar-refractivity contribution is -0.135. The first-order chi connectivity index (χ1) is 8.87. The van der Waals surface area contributed by atoms with Crippen LogP contribution in [0.25, 0.3) is 0 Å². The van der Waals surface area contributed by atoms with Crippen molar-refractivity contribution in [1.29, 1.82) is 0 Å². The van der Waals surface area contributed by atoms with Gasteiger partial charge in [-0.2, -0.15) is 0 Å². The van der Waals surface area contributed by atoms with E-state index in [1.165, 1.54) is 12.5 Å². The predicted octanol–water partition coefficient (Wildman–Crippen LogP) is 0.428. The van der Waals surface area contributed by atoms with E-state index in [2.05, 4.69) is 19.7 Å². The second-order valence-corrected chi connectivity index (χ2v) is 5.86. The Bertz CT molecular complexity index is 578. The molecular weight excluding hydrogens is 294 g/mol. The second kappa shape index (κ2) is 6.48. The normalized spacial score (nSPS) is 12.1. The minimum absolute atomic E-state index is 0.123. The van der Waals surface area contributed by atoms with Crippen LogP contribution in [-0.4, -0.2) is 45.1 Å². The van der Waals surface area contributed by atoms with Gasteiger partial charge in [0, 0.05) is 5.38 Å². The highest BCUT2D eigenvalue weighted by Gasteiger charge is 2.20. The maximum atomic E-state index is 11.6. The van der Waals surface area contributed by atoms with Crippen molar-refractivity contribution >= 4 is 38.2 Å². The first-order valence-corrected chi connectivity index (χ1v) is 7.86. The summed E-state index contributed by atoms with van der Waals surface area (Å²) in [6, 6.07) is 0. The van der Waals surface area contributed by atoms with Crippen LogP contribution in [0.15, 0.2) is 10.5 Å². The summed E-state index contributed by atoms with van der Waals surface area (Å²) in [5.74, 6) is -0.694. The average Bonchev–Trinajstić information content (AvgIpc) is 2.71. The number of anilines is 1. The lowest BCUT2D eigenvalue weighted by Crippen LogP contribution is -2.19. The molecule has 106 valence electrons. The van der Waals surface area contributed by atoms with Gasteiger partial charge < -0.3 is 9.57 Å². The van der Waals surface area contributed by atoms with Crippen LogP contribution in [-0.2, 0) is 24.4 Å². The molecule has 0 amide bonds. The molecule has 0 saturated heterocycles. The average molecular weight is 307 g/mol. The van der Waals surface area contributed by atoms with E-state index in [4.69, 9.17) is 4.74 Å². The molecule has 0 bridgehead atoms. The van der Waals surface area contributed by atoms with E-state index >= 15 is 0 Å². The number of carbonyl (C=O) groups excluding carboxylic acids is 1. The molecule has 0 aliphatic rings. The first kappa shape index (κ1) is 15.4. The number of nitrogens with one attached hydrogen (secondary N) is 1. The molecule has 19 heavy (non-hydrogen) atoms. The van der Waals surface area contributed by atoms with Gasteiger partial charge in [0.1, 0.15) is 12.8 Å². The van der Waals surface area contributed by atoms with Gasteiger partial charge in [-0.3, -0.25) is 4.72 Å². The van der Waals surface area contributed by atoms with Crippen molar-refractivity contribution in [2.24, 2.45) is 5.16 Å². The fourth-order valence-electron chi connectivity index (χ4n) is 1.07. The zero-order valence-electron chi connectivity index (χ0n) is 10.5. The van der Waals surface area contributed by atoms with Gasteiger partial charge in [0.25, 0.3) is 0 Å². The molecule has 8 nitrogen and oxygen atoms in total. The minimum Gasteiger partial charge on any atom is -0.461 e. The third kappa shape index (κ3) is 4.83. The summed E-state index contributed by atoms with van der Waals surface area (Å²) in [6.07, 6.45) is 1.00. The summed E-state index contributed by atoms with van der Waals surface area (Å²) in [7, 11) is -2.14. The third-order valence-corrected chi connectivity index (χ3v) is 3.12. The predicted molar refractivity (Wildman–Crippen MR) is 70.8 cm³/mol. The Morgan fingerprint density at radius 1 is 1.58 bits per heavy atom. The molecule has 0 aromatic carbocycles. The van der Waals surface area contributed by atoms with Crippen molar-refractivity contribution in [1.82, 2.24) is 4.98 Å². The van der Waals surface area contributed by atoms with Crippen molar-refractivity contribution in [2.75, 3.05) is 24.7 Å². The van der Waals surface area contributed by atoms with Crippen molar-refractivity contribution in [3.05, 3.63) is 11.1 Å². The van der Waals surface area contributed by atoms with E-state index in [1.807, 2.05) is 0 Å². The number of thiazole rings is 1. The Balaban J connectivity index is 2.99. The Morgan fingerprint density at radius 3 is 2.79 bits per heavy atom. The standard InChI is InChI=1S/C9H13N3O5S2/c1-4-17-8(13)7(11-16-2)6-5-18-9(10-6)12-19(3,14)15/h5H,4H2,1-3H3,(H,10,12)/b11-7+. The number of hydrogen-bond donors (Lipinski definition) is 1. The zero-order chi connectivity index (χ0) is 14.5. The zero-order valence-corrected chi connectivity index (χ0v) is 12.2. The van der Waals surface area contributed by atoms with Crippen LogP contribution in [0, 0.1) is 0 Å². The highest BCUT2D eigenvalue weighted by molar-refractivity contribution is 7.92. The third-order valence-electron chi connectivity index (χ3n) is 1.67. The SMILES string of the molecule is CCOC(=O)/C(=N/OC)c1csc(NS(C)(=O)=O)n1. The number of ether oxygens (including phenoxy) is 1. The van der Waals surface area contributed by atoms with Gasteiger partial charge in [-0.15, -0.1) is 11.3 Å². The molecule has 1 aromatic heterocycles. The van der Waals surface area contributed by atoms with Crippen LogP contribution in [0.3, 0.4) is 0 Å². The second-order valence-electron chi connectivity index (χ2n) is 3.26. The first-order valence-electron chi connectivity index (χ1n) is 5.09. The van der Waals surface area contributed by atoms with E-state index < -0.39 is 16.0 Å². The van der Waals surface area contributed by atoms with Gasteiger partial charge >= 0.3 is 5.97 Å². The molecule has 0 fully saturated rings. The van der Waals surface area contributed by atoms with Gasteiger partial charge in [0.05, 0.1) is 12.9 Å². The number of carbonyl (C=O) groups is 1. The van der Waals surface area contributed by atoms with Crippen LogP contribution in [0.1, 0.15) is 12.6 Å². The molecular formula is C9H13N3O5S2. The fraction of sp³-hybridized carbons (Fsp3) is 0.444. The van der Waals surface area contributed by atoms with E-state index in [0.717, 1.165) is 17.6 Å². The molecule has 1 N–H and O–H groups in total. The summed E-state index contributed by atoms with van der Waals surface area (Å²) in [6.45, 7) is 1.83. The number of oxime groups is 1. The van der Waals surface area contributed by atoms with Crippen LogP contribution in [0.2, 0.25) is 0 Å². The largest absolute Gasteiger partial charge is 0.461 e. The number of aromatic nitrogens is 1. The number of nitrogens with zero attached hydrogens (tertiary/aromatic N) is 2. The molecule has 0 saturated carbocycles. The Hall–Kier alpha value is -1.68. The van der Waals surface area contributed by atoms with Gasteiger partial charge in [-0.25, -0.2) is 18.2 Å². The Labute approximate surface area is 114 Å². The van der Waals surface area contributed by atoms with Crippen LogP contribution in [0.4, 0.5) is 5.13 Å². The van der Waals surface area contributed by atoms with Gasteiger partial charge in [-0.1, -0.05) is 5.16 Å². The van der Waals surface area contributed by atoms with Gasteiger partial charge in [-0.05, 0) is 6.92 Å². The monoisotopic (exact) mass is 307 g/mol. The molecule has 0 aliphatic heterocycles. The van der Waals surface area contributed by atoms with Gasteiger partial charge in [0.15, 0.2) is 5.13 Å². The van der Waals surface area contributed by atoms with E-state index in [1.54, 1.807) is 6.92 Å². The maximum Gasteiger partial charge on any atom is 0.362 e. The van der Waals surface area contributed by atoms with E-state index in [-0.39, 0.29) is 23.1 Å². The van der Waals surface area contributed by atoms with Crippen molar-refractivity contribution < 1.29 is 22.8 Å². The molecule has 0 spiro atoms. The molecule has 1 aromatic rings. The quantitative estimate of drug-likeness (QED) is 0.464. The summed E-state index contributed by atoms with van der Waals surface area (Å²) in [5, 5.41) is 5.14. The molecule has 10 heteroatoms. The van der Waals surface area contributed by atoms with Crippen molar-refractivity contribution in [2.45, 2.75) is 6.92 Å². The number of hydrogen-bond acceptors (Lipinski definition) is 8. The highest BCUT2D eigenvalue weighted by Crippen LogP contribution is 2.17.